The van der Waals surface area contributed by atoms with Crippen LogP contribution in [0.15, 0.2) is 0 Å². The molecule has 0 amide bonds. The molecule has 2 aliphatic carbocycles. The largest absolute Gasteiger partial charge is 0.361 e. The number of H-pyrrole nitrogens is 1. The predicted octanol–water partition coefficient (Wildman–Crippen LogP) is 2.67. The average molecular weight is 283 g/mol. The van der Waals surface area contributed by atoms with Crippen molar-refractivity contribution in [1.29, 1.82) is 0 Å². The SMILES string of the molecule is CNCCC1CC(=O)c2c([nH]c3c2CCCC3)C1.Cl. The summed E-state index contributed by atoms with van der Waals surface area (Å²) in [5.41, 5.74) is 5.02. The molecule has 0 bridgehead atoms. The zero-order valence-corrected chi connectivity index (χ0v) is 12.4. The molecule has 3 nitrogen and oxygen atoms in total. The molecule has 1 atom stereocenters. The summed E-state index contributed by atoms with van der Waals surface area (Å²) in [5, 5.41) is 3.18. The highest BCUT2D eigenvalue weighted by Crippen LogP contribution is 2.34. The molecule has 0 fully saturated rings. The number of fused-ring (bicyclic) bond motifs is 3. The van der Waals surface area contributed by atoms with Crippen LogP contribution in [0.1, 0.15) is 53.0 Å². The minimum atomic E-state index is 0. The zero-order chi connectivity index (χ0) is 12.5. The number of Topliss-reactive ketones (excluding diaryl/α,β-unsaturated/α-hetero) is 1. The van der Waals surface area contributed by atoms with E-state index in [1.807, 2.05) is 7.05 Å². The van der Waals surface area contributed by atoms with Crippen LogP contribution in [0.2, 0.25) is 0 Å². The summed E-state index contributed by atoms with van der Waals surface area (Å²) in [5.74, 6) is 0.911. The Morgan fingerprint density at radius 2 is 2.00 bits per heavy atom. The maximum atomic E-state index is 12.4. The first kappa shape index (κ1) is 14.6. The average Bonchev–Trinajstić information content (AvgIpc) is 2.74. The Kier molecular flexibility index (Phi) is 4.69. The molecule has 1 heterocycles. The fourth-order valence-electron chi connectivity index (χ4n) is 3.51. The van der Waals surface area contributed by atoms with Gasteiger partial charge in [0.25, 0.3) is 0 Å². The Labute approximate surface area is 121 Å². The fraction of sp³-hybridized carbons (Fsp3) is 0.667. The van der Waals surface area contributed by atoms with Gasteiger partial charge in [-0.05, 0) is 63.6 Å². The summed E-state index contributed by atoms with van der Waals surface area (Å²) < 4.78 is 0. The van der Waals surface area contributed by atoms with Gasteiger partial charge in [0.2, 0.25) is 0 Å². The minimum absolute atomic E-state index is 0. The van der Waals surface area contributed by atoms with Crippen molar-refractivity contribution in [1.82, 2.24) is 10.3 Å². The summed E-state index contributed by atoms with van der Waals surface area (Å²) >= 11 is 0. The molecule has 19 heavy (non-hydrogen) atoms. The van der Waals surface area contributed by atoms with Gasteiger partial charge in [-0.3, -0.25) is 4.79 Å². The number of carbonyl (C=O) groups is 1. The maximum absolute atomic E-state index is 12.4. The van der Waals surface area contributed by atoms with E-state index in [1.165, 1.54) is 29.8 Å². The van der Waals surface area contributed by atoms with Crippen molar-refractivity contribution < 1.29 is 4.79 Å². The van der Waals surface area contributed by atoms with Gasteiger partial charge in [0.05, 0.1) is 0 Å². The number of ketones is 1. The smallest absolute Gasteiger partial charge is 0.165 e. The Bertz CT molecular complexity index is 467. The van der Waals surface area contributed by atoms with E-state index >= 15 is 0 Å². The van der Waals surface area contributed by atoms with Gasteiger partial charge in [0.15, 0.2) is 5.78 Å². The molecule has 1 aromatic rings. The number of halogens is 1. The molecule has 0 saturated carbocycles. The number of carbonyl (C=O) groups excluding carboxylic acids is 1. The van der Waals surface area contributed by atoms with E-state index in [0.29, 0.717) is 11.7 Å². The number of nitrogens with one attached hydrogen (secondary N) is 2. The third kappa shape index (κ3) is 2.72. The highest BCUT2D eigenvalue weighted by atomic mass is 35.5. The third-order valence-electron chi connectivity index (χ3n) is 4.42. The summed E-state index contributed by atoms with van der Waals surface area (Å²) in [6.45, 7) is 1.01. The van der Waals surface area contributed by atoms with E-state index < -0.39 is 0 Å². The molecule has 0 saturated heterocycles. The van der Waals surface area contributed by atoms with Crippen LogP contribution in [-0.2, 0) is 19.3 Å². The van der Waals surface area contributed by atoms with E-state index in [4.69, 9.17) is 0 Å². The van der Waals surface area contributed by atoms with Crippen molar-refractivity contribution in [3.63, 3.8) is 0 Å². The van der Waals surface area contributed by atoms with Crippen LogP contribution in [-0.4, -0.2) is 24.4 Å². The molecule has 2 aliphatic rings. The third-order valence-corrected chi connectivity index (χ3v) is 4.42. The second-order valence-electron chi connectivity index (χ2n) is 5.73. The molecule has 106 valence electrons. The summed E-state index contributed by atoms with van der Waals surface area (Å²) in [4.78, 5) is 15.9. The van der Waals surface area contributed by atoms with Gasteiger partial charge in [-0.1, -0.05) is 0 Å². The first-order chi connectivity index (χ1) is 8.79. The molecule has 0 spiro atoms. The number of hydrogen-bond donors (Lipinski definition) is 2. The lowest BCUT2D eigenvalue weighted by Crippen LogP contribution is -2.23. The fourth-order valence-corrected chi connectivity index (χ4v) is 3.51. The summed E-state index contributed by atoms with van der Waals surface area (Å²) in [6.07, 6.45) is 7.67. The van der Waals surface area contributed by atoms with E-state index in [9.17, 15) is 4.79 Å². The van der Waals surface area contributed by atoms with Crippen molar-refractivity contribution in [2.45, 2.75) is 44.9 Å². The summed E-state index contributed by atoms with van der Waals surface area (Å²) in [7, 11) is 1.98. The van der Waals surface area contributed by atoms with Crippen molar-refractivity contribution in [3.8, 4) is 0 Å². The quantitative estimate of drug-likeness (QED) is 0.895. The summed E-state index contributed by atoms with van der Waals surface area (Å²) in [6, 6.07) is 0. The lowest BCUT2D eigenvalue weighted by Gasteiger charge is -2.22. The molecular weight excluding hydrogens is 260 g/mol. The van der Waals surface area contributed by atoms with Crippen LogP contribution in [0.5, 0.6) is 0 Å². The van der Waals surface area contributed by atoms with Crippen molar-refractivity contribution in [2.75, 3.05) is 13.6 Å². The van der Waals surface area contributed by atoms with Gasteiger partial charge >= 0.3 is 0 Å². The molecule has 1 aromatic heterocycles. The van der Waals surface area contributed by atoms with Gasteiger partial charge in [-0.2, -0.15) is 0 Å². The highest BCUT2D eigenvalue weighted by molar-refractivity contribution is 6.00. The second kappa shape index (κ2) is 6.10. The first-order valence-corrected chi connectivity index (χ1v) is 7.20. The van der Waals surface area contributed by atoms with Gasteiger partial charge < -0.3 is 10.3 Å². The van der Waals surface area contributed by atoms with Gasteiger partial charge in [0.1, 0.15) is 0 Å². The van der Waals surface area contributed by atoms with E-state index in [-0.39, 0.29) is 12.4 Å². The van der Waals surface area contributed by atoms with Crippen LogP contribution in [0, 0.1) is 5.92 Å². The predicted molar refractivity (Wildman–Crippen MR) is 79.4 cm³/mol. The molecule has 4 heteroatoms. The lowest BCUT2D eigenvalue weighted by atomic mass is 9.82. The van der Waals surface area contributed by atoms with Crippen molar-refractivity contribution in [2.24, 2.45) is 5.92 Å². The monoisotopic (exact) mass is 282 g/mol. The standard InChI is InChI=1S/C15H22N2O.ClH/c1-16-7-6-10-8-13-15(14(18)9-10)11-4-2-3-5-12(11)17-13;/h10,16-17H,2-9H2,1H3;1H. The van der Waals surface area contributed by atoms with E-state index in [1.54, 1.807) is 0 Å². The molecule has 0 aromatic carbocycles. The minimum Gasteiger partial charge on any atom is -0.361 e. The van der Waals surface area contributed by atoms with Crippen LogP contribution in [0.3, 0.4) is 0 Å². The number of aromatic nitrogens is 1. The molecule has 3 rings (SSSR count). The number of aryl methyl sites for hydroxylation is 1. The van der Waals surface area contributed by atoms with Crippen LogP contribution >= 0.6 is 12.4 Å². The molecule has 2 N–H and O–H groups in total. The number of rotatable bonds is 3. The molecule has 1 unspecified atom stereocenters. The van der Waals surface area contributed by atoms with Crippen LogP contribution in [0.25, 0.3) is 0 Å². The normalized spacial score (nSPS) is 21.5. The highest BCUT2D eigenvalue weighted by Gasteiger charge is 2.31. The topological polar surface area (TPSA) is 44.9 Å². The Hall–Kier alpha value is -0.800. The lowest BCUT2D eigenvalue weighted by molar-refractivity contribution is 0.0945. The van der Waals surface area contributed by atoms with Gasteiger partial charge in [-0.15, -0.1) is 12.4 Å². The van der Waals surface area contributed by atoms with Crippen molar-refractivity contribution >= 4 is 18.2 Å². The van der Waals surface area contributed by atoms with Crippen molar-refractivity contribution in [3.05, 3.63) is 22.5 Å². The van der Waals surface area contributed by atoms with Crippen LogP contribution < -0.4 is 5.32 Å². The molecular formula is C15H23ClN2O. The van der Waals surface area contributed by atoms with E-state index in [2.05, 4.69) is 10.3 Å². The number of aromatic amines is 1. The Morgan fingerprint density at radius 3 is 2.79 bits per heavy atom. The van der Waals surface area contributed by atoms with E-state index in [0.717, 1.165) is 44.2 Å². The zero-order valence-electron chi connectivity index (χ0n) is 11.6. The second-order valence-corrected chi connectivity index (χ2v) is 5.73. The maximum Gasteiger partial charge on any atom is 0.165 e. The van der Waals surface area contributed by atoms with Gasteiger partial charge in [0, 0.05) is 23.4 Å². The number of hydrogen-bond acceptors (Lipinski definition) is 2. The molecule has 0 radical (unpaired) electrons. The molecule has 0 aliphatic heterocycles. The Morgan fingerprint density at radius 1 is 1.21 bits per heavy atom. The van der Waals surface area contributed by atoms with Crippen LogP contribution in [0.4, 0.5) is 0 Å². The first-order valence-electron chi connectivity index (χ1n) is 7.20. The van der Waals surface area contributed by atoms with Gasteiger partial charge in [-0.25, -0.2) is 0 Å². The Balaban J connectivity index is 0.00000133.